The van der Waals surface area contributed by atoms with Crippen LogP contribution in [0.25, 0.3) is 0 Å². The maximum Gasteiger partial charge on any atom is 0.341 e. The number of carbonyl (C=O) groups excluding carboxylic acids is 2. The summed E-state index contributed by atoms with van der Waals surface area (Å²) in [5.41, 5.74) is 2.49. The van der Waals surface area contributed by atoms with Gasteiger partial charge in [-0.15, -0.1) is 11.3 Å². The molecule has 2 rings (SSSR count). The number of hydrogen-bond acceptors (Lipinski definition) is 5. The number of hydrogen-bond donors (Lipinski definition) is 1. The van der Waals surface area contributed by atoms with E-state index in [2.05, 4.69) is 5.32 Å². The van der Waals surface area contributed by atoms with Crippen LogP contribution in [0.2, 0.25) is 0 Å². The van der Waals surface area contributed by atoms with Gasteiger partial charge in [-0.05, 0) is 51.8 Å². The Hall–Kier alpha value is -2.34. The molecule has 26 heavy (non-hydrogen) atoms. The Balaban J connectivity index is 1.86. The van der Waals surface area contributed by atoms with E-state index in [1.54, 1.807) is 6.92 Å². The summed E-state index contributed by atoms with van der Waals surface area (Å²) >= 11 is 1.40. The van der Waals surface area contributed by atoms with E-state index in [0.717, 1.165) is 16.2 Å². The van der Waals surface area contributed by atoms with Crippen LogP contribution in [0.1, 0.15) is 46.1 Å². The van der Waals surface area contributed by atoms with Crippen LogP contribution in [-0.4, -0.2) is 25.1 Å². The third-order valence-electron chi connectivity index (χ3n) is 3.96. The van der Waals surface area contributed by atoms with Crippen molar-refractivity contribution in [2.45, 2.75) is 40.5 Å². The minimum atomic E-state index is -0.396. The van der Waals surface area contributed by atoms with E-state index in [1.807, 2.05) is 45.0 Å². The summed E-state index contributed by atoms with van der Waals surface area (Å²) in [5.74, 6) is 0.266. The molecule has 0 unspecified atom stereocenters. The van der Waals surface area contributed by atoms with Crippen molar-refractivity contribution in [2.24, 2.45) is 0 Å². The summed E-state index contributed by atoms with van der Waals surface area (Å²) in [6.07, 6.45) is 0.919. The molecule has 1 N–H and O–H groups in total. The van der Waals surface area contributed by atoms with Gasteiger partial charge in [-0.25, -0.2) is 4.79 Å². The molecule has 0 saturated heterocycles. The van der Waals surface area contributed by atoms with Gasteiger partial charge in [-0.1, -0.05) is 17.7 Å². The average Bonchev–Trinajstić information content (AvgIpc) is 2.87. The smallest absolute Gasteiger partial charge is 0.341 e. The lowest BCUT2D eigenvalue weighted by atomic mass is 10.1. The van der Waals surface area contributed by atoms with Crippen molar-refractivity contribution in [1.29, 1.82) is 0 Å². The first-order chi connectivity index (χ1) is 12.4. The van der Waals surface area contributed by atoms with Crippen LogP contribution in [0.4, 0.5) is 5.00 Å². The molecule has 5 nitrogen and oxygen atoms in total. The van der Waals surface area contributed by atoms with Crippen molar-refractivity contribution in [3.8, 4) is 5.75 Å². The quantitative estimate of drug-likeness (QED) is 0.539. The molecule has 0 aliphatic heterocycles. The standard InChI is InChI=1S/C20H25NO4S/c1-5-24-20(23)18-14(3)15(4)26-19(18)21-17(22)7-6-12-25-16-10-8-13(2)9-11-16/h8-11H,5-7,12H2,1-4H3,(H,21,22). The number of benzene rings is 1. The van der Waals surface area contributed by atoms with E-state index in [1.165, 1.54) is 16.9 Å². The second-order valence-electron chi connectivity index (χ2n) is 6.02. The molecular formula is C20H25NO4S. The van der Waals surface area contributed by atoms with E-state index >= 15 is 0 Å². The van der Waals surface area contributed by atoms with Crippen molar-refractivity contribution < 1.29 is 19.1 Å². The van der Waals surface area contributed by atoms with Crippen molar-refractivity contribution in [1.82, 2.24) is 0 Å². The van der Waals surface area contributed by atoms with Crippen LogP contribution >= 0.6 is 11.3 Å². The Labute approximate surface area is 158 Å². The summed E-state index contributed by atoms with van der Waals surface area (Å²) < 4.78 is 10.7. The molecule has 1 aromatic carbocycles. The first kappa shape index (κ1) is 20.0. The first-order valence-electron chi connectivity index (χ1n) is 8.68. The lowest BCUT2D eigenvalue weighted by molar-refractivity contribution is -0.116. The fourth-order valence-corrected chi connectivity index (χ4v) is 3.48. The molecule has 2 aromatic rings. The lowest BCUT2D eigenvalue weighted by Crippen LogP contribution is -2.15. The van der Waals surface area contributed by atoms with Gasteiger partial charge in [-0.3, -0.25) is 4.79 Å². The minimum absolute atomic E-state index is 0.135. The topological polar surface area (TPSA) is 64.6 Å². The van der Waals surface area contributed by atoms with Crippen LogP contribution in [0.3, 0.4) is 0 Å². The van der Waals surface area contributed by atoms with Crippen LogP contribution in [0.5, 0.6) is 5.75 Å². The zero-order valence-electron chi connectivity index (χ0n) is 15.7. The number of rotatable bonds is 8. The van der Waals surface area contributed by atoms with Gasteiger partial charge in [0.2, 0.25) is 5.91 Å². The van der Waals surface area contributed by atoms with Gasteiger partial charge in [0.1, 0.15) is 10.8 Å². The van der Waals surface area contributed by atoms with E-state index in [4.69, 9.17) is 9.47 Å². The molecular weight excluding hydrogens is 350 g/mol. The van der Waals surface area contributed by atoms with Gasteiger partial charge < -0.3 is 14.8 Å². The number of thiophene rings is 1. The molecule has 0 saturated carbocycles. The van der Waals surface area contributed by atoms with Crippen molar-refractivity contribution in [2.75, 3.05) is 18.5 Å². The zero-order chi connectivity index (χ0) is 19.1. The number of carbonyl (C=O) groups is 2. The summed E-state index contributed by atoms with van der Waals surface area (Å²) in [7, 11) is 0. The van der Waals surface area contributed by atoms with Gasteiger partial charge in [-0.2, -0.15) is 0 Å². The maximum absolute atomic E-state index is 12.2. The van der Waals surface area contributed by atoms with Crippen molar-refractivity contribution in [3.05, 3.63) is 45.8 Å². The van der Waals surface area contributed by atoms with Crippen molar-refractivity contribution >= 4 is 28.2 Å². The predicted molar refractivity (Wildman–Crippen MR) is 104 cm³/mol. The second-order valence-corrected chi connectivity index (χ2v) is 7.25. The molecule has 140 valence electrons. The largest absolute Gasteiger partial charge is 0.494 e. The fraction of sp³-hybridized carbons (Fsp3) is 0.400. The number of aryl methyl sites for hydroxylation is 2. The SMILES string of the molecule is CCOC(=O)c1c(NC(=O)CCCOc2ccc(C)cc2)sc(C)c1C. The van der Waals surface area contributed by atoms with Gasteiger partial charge in [0.25, 0.3) is 0 Å². The molecule has 0 spiro atoms. The van der Waals surface area contributed by atoms with E-state index in [-0.39, 0.29) is 5.91 Å². The van der Waals surface area contributed by atoms with Gasteiger partial charge >= 0.3 is 5.97 Å². The third-order valence-corrected chi connectivity index (χ3v) is 5.08. The molecule has 0 aliphatic rings. The molecule has 6 heteroatoms. The van der Waals surface area contributed by atoms with Crippen LogP contribution in [0.15, 0.2) is 24.3 Å². The molecule has 1 aromatic heterocycles. The van der Waals surface area contributed by atoms with Crippen molar-refractivity contribution in [3.63, 3.8) is 0 Å². The Morgan fingerprint density at radius 3 is 2.46 bits per heavy atom. The minimum Gasteiger partial charge on any atom is -0.494 e. The van der Waals surface area contributed by atoms with Gasteiger partial charge in [0.15, 0.2) is 0 Å². The Kier molecular flexibility index (Phi) is 7.21. The van der Waals surface area contributed by atoms with Crippen LogP contribution < -0.4 is 10.1 Å². The fourth-order valence-electron chi connectivity index (χ4n) is 2.41. The third kappa shape index (κ3) is 5.33. The highest BCUT2D eigenvalue weighted by Crippen LogP contribution is 2.33. The monoisotopic (exact) mass is 375 g/mol. The Morgan fingerprint density at radius 2 is 1.81 bits per heavy atom. The number of ether oxygens (including phenoxy) is 2. The van der Waals surface area contributed by atoms with Gasteiger partial charge in [0, 0.05) is 11.3 Å². The summed E-state index contributed by atoms with van der Waals surface area (Å²) in [5, 5.41) is 3.40. The van der Waals surface area contributed by atoms with Crippen LogP contribution in [0, 0.1) is 20.8 Å². The van der Waals surface area contributed by atoms with Gasteiger partial charge in [0.05, 0.1) is 18.8 Å². The highest BCUT2D eigenvalue weighted by molar-refractivity contribution is 7.16. The lowest BCUT2D eigenvalue weighted by Gasteiger charge is -2.08. The summed E-state index contributed by atoms with van der Waals surface area (Å²) in [4.78, 5) is 25.3. The average molecular weight is 375 g/mol. The predicted octanol–water partition coefficient (Wildman–Crippen LogP) is 4.65. The molecule has 0 aliphatic carbocycles. The highest BCUT2D eigenvalue weighted by atomic mass is 32.1. The molecule has 0 radical (unpaired) electrons. The normalized spacial score (nSPS) is 10.5. The van der Waals surface area contributed by atoms with E-state index in [9.17, 15) is 9.59 Å². The molecule has 0 fully saturated rings. The second kappa shape index (κ2) is 9.38. The molecule has 0 bridgehead atoms. The van der Waals surface area contributed by atoms with E-state index < -0.39 is 5.97 Å². The maximum atomic E-state index is 12.2. The Bertz CT molecular complexity index is 765. The number of amides is 1. The number of anilines is 1. The number of nitrogens with one attached hydrogen (secondary N) is 1. The highest BCUT2D eigenvalue weighted by Gasteiger charge is 2.21. The summed E-state index contributed by atoms with van der Waals surface area (Å²) in [6, 6.07) is 7.80. The van der Waals surface area contributed by atoms with E-state index in [0.29, 0.717) is 36.6 Å². The van der Waals surface area contributed by atoms with Crippen LogP contribution in [-0.2, 0) is 9.53 Å². The first-order valence-corrected chi connectivity index (χ1v) is 9.50. The number of esters is 1. The summed E-state index contributed by atoms with van der Waals surface area (Å²) in [6.45, 7) is 8.34. The molecule has 1 amide bonds. The zero-order valence-corrected chi connectivity index (χ0v) is 16.5. The Morgan fingerprint density at radius 1 is 1.12 bits per heavy atom. The molecule has 0 atom stereocenters. The molecule has 1 heterocycles.